The molecule has 14 heavy (non-hydrogen) atoms. The van der Waals surface area contributed by atoms with Crippen LogP contribution in [-0.2, 0) is 0 Å². The molecule has 4 heteroatoms. The van der Waals surface area contributed by atoms with Crippen molar-refractivity contribution in [3.8, 4) is 0 Å². The lowest BCUT2D eigenvalue weighted by Gasteiger charge is -2.16. The highest BCUT2D eigenvalue weighted by Crippen LogP contribution is 2.42. The third-order valence-electron chi connectivity index (χ3n) is 2.57. The Balaban J connectivity index is 2.29. The second-order valence-corrected chi connectivity index (χ2v) is 4.49. The molecule has 0 aromatic heterocycles. The van der Waals surface area contributed by atoms with Gasteiger partial charge in [-0.1, -0.05) is 29.3 Å². The van der Waals surface area contributed by atoms with E-state index >= 15 is 0 Å². The van der Waals surface area contributed by atoms with Gasteiger partial charge in [0.2, 0.25) is 0 Å². The number of hydrogen-bond donors (Lipinski definition) is 2. The molecule has 0 spiro atoms. The monoisotopic (exact) mass is 230 g/mol. The largest absolute Gasteiger partial charge is 0.271 e. The van der Waals surface area contributed by atoms with Crippen LogP contribution >= 0.6 is 23.2 Å². The van der Waals surface area contributed by atoms with Crippen molar-refractivity contribution >= 4 is 23.2 Å². The van der Waals surface area contributed by atoms with E-state index in [9.17, 15) is 0 Å². The van der Waals surface area contributed by atoms with Crippen LogP contribution in [0.5, 0.6) is 0 Å². The first-order valence-corrected chi connectivity index (χ1v) is 5.39. The predicted octanol–water partition coefficient (Wildman–Crippen LogP) is 2.91. The Bertz CT molecular complexity index is 337. The number of hydrazine groups is 1. The van der Waals surface area contributed by atoms with E-state index in [2.05, 4.69) is 5.43 Å². The summed E-state index contributed by atoms with van der Waals surface area (Å²) in [7, 11) is 0. The van der Waals surface area contributed by atoms with Gasteiger partial charge in [0.05, 0.1) is 6.04 Å². The fraction of sp³-hybridized carbons (Fsp3) is 0.400. The second kappa shape index (κ2) is 4.07. The summed E-state index contributed by atoms with van der Waals surface area (Å²) in [4.78, 5) is 0. The van der Waals surface area contributed by atoms with Crippen LogP contribution in [0.3, 0.4) is 0 Å². The van der Waals surface area contributed by atoms with Gasteiger partial charge in [-0.25, -0.2) is 0 Å². The number of halogens is 2. The molecule has 2 nitrogen and oxygen atoms in total. The Morgan fingerprint density at radius 3 is 2.57 bits per heavy atom. The van der Waals surface area contributed by atoms with Crippen molar-refractivity contribution in [2.45, 2.75) is 18.9 Å². The number of hydrogen-bond acceptors (Lipinski definition) is 2. The van der Waals surface area contributed by atoms with Crippen LogP contribution in [0.1, 0.15) is 24.4 Å². The van der Waals surface area contributed by atoms with E-state index in [1.165, 1.54) is 12.8 Å². The molecule has 1 fully saturated rings. The second-order valence-electron chi connectivity index (χ2n) is 3.65. The molecule has 0 radical (unpaired) electrons. The highest BCUT2D eigenvalue weighted by atomic mass is 35.5. The topological polar surface area (TPSA) is 38.0 Å². The van der Waals surface area contributed by atoms with Crippen molar-refractivity contribution in [2.75, 3.05) is 0 Å². The zero-order valence-corrected chi connectivity index (χ0v) is 9.15. The SMILES string of the molecule is NNC(c1ccc(Cl)cc1Cl)C1CC1. The van der Waals surface area contributed by atoms with Crippen LogP contribution in [0.4, 0.5) is 0 Å². The summed E-state index contributed by atoms with van der Waals surface area (Å²) >= 11 is 11.9. The zero-order chi connectivity index (χ0) is 10.1. The molecule has 0 amide bonds. The maximum Gasteiger partial charge on any atom is 0.0502 e. The van der Waals surface area contributed by atoms with Crippen molar-refractivity contribution in [2.24, 2.45) is 11.8 Å². The van der Waals surface area contributed by atoms with Crippen molar-refractivity contribution in [3.05, 3.63) is 33.8 Å². The average molecular weight is 231 g/mol. The van der Waals surface area contributed by atoms with Gasteiger partial charge < -0.3 is 0 Å². The fourth-order valence-electron chi connectivity index (χ4n) is 1.66. The molecule has 1 aromatic carbocycles. The summed E-state index contributed by atoms with van der Waals surface area (Å²) in [5.41, 5.74) is 3.86. The van der Waals surface area contributed by atoms with Gasteiger partial charge >= 0.3 is 0 Å². The quantitative estimate of drug-likeness (QED) is 0.620. The molecule has 1 aromatic rings. The Labute approximate surface area is 93.4 Å². The first-order valence-electron chi connectivity index (χ1n) is 4.63. The van der Waals surface area contributed by atoms with Crippen molar-refractivity contribution < 1.29 is 0 Å². The van der Waals surface area contributed by atoms with Gasteiger partial charge in [0.15, 0.2) is 0 Å². The van der Waals surface area contributed by atoms with Gasteiger partial charge in [-0.05, 0) is 36.5 Å². The van der Waals surface area contributed by atoms with Crippen LogP contribution < -0.4 is 11.3 Å². The molecule has 1 atom stereocenters. The molecular formula is C10H12Cl2N2. The highest BCUT2D eigenvalue weighted by molar-refractivity contribution is 6.35. The molecular weight excluding hydrogens is 219 g/mol. The van der Waals surface area contributed by atoms with E-state index in [0.29, 0.717) is 16.0 Å². The summed E-state index contributed by atoms with van der Waals surface area (Å²) in [6, 6.07) is 5.70. The number of rotatable bonds is 3. The summed E-state index contributed by atoms with van der Waals surface area (Å²) in [5, 5.41) is 1.35. The van der Waals surface area contributed by atoms with Gasteiger partial charge in [0.25, 0.3) is 0 Å². The summed E-state index contributed by atoms with van der Waals surface area (Å²) in [6.07, 6.45) is 2.43. The van der Waals surface area contributed by atoms with Gasteiger partial charge in [-0.3, -0.25) is 11.3 Å². The lowest BCUT2D eigenvalue weighted by molar-refractivity contribution is 0.497. The van der Waals surface area contributed by atoms with Gasteiger partial charge in [-0.15, -0.1) is 0 Å². The summed E-state index contributed by atoms with van der Waals surface area (Å²) < 4.78 is 0. The Kier molecular flexibility index (Phi) is 2.98. The molecule has 2 rings (SSSR count). The first kappa shape index (κ1) is 10.2. The molecule has 0 saturated heterocycles. The smallest absolute Gasteiger partial charge is 0.0502 e. The van der Waals surface area contributed by atoms with Crippen LogP contribution in [0.15, 0.2) is 18.2 Å². The summed E-state index contributed by atoms with van der Waals surface area (Å²) in [5.74, 6) is 6.13. The molecule has 76 valence electrons. The molecule has 0 heterocycles. The molecule has 3 N–H and O–H groups in total. The lowest BCUT2D eigenvalue weighted by atomic mass is 10.0. The number of nitrogens with two attached hydrogens (primary N) is 1. The van der Waals surface area contributed by atoms with E-state index in [4.69, 9.17) is 29.0 Å². The molecule has 0 bridgehead atoms. The molecule has 1 aliphatic carbocycles. The van der Waals surface area contributed by atoms with E-state index in [1.54, 1.807) is 6.07 Å². The standard InChI is InChI=1S/C10H12Cl2N2/c11-7-3-4-8(9(12)5-7)10(14-13)6-1-2-6/h3-6,10,14H,1-2,13H2. The minimum absolute atomic E-state index is 0.166. The van der Waals surface area contributed by atoms with E-state index < -0.39 is 0 Å². The van der Waals surface area contributed by atoms with Crippen LogP contribution in [0.2, 0.25) is 10.0 Å². The van der Waals surface area contributed by atoms with Crippen molar-refractivity contribution in [1.82, 2.24) is 5.43 Å². The molecule has 1 saturated carbocycles. The Hall–Kier alpha value is -0.280. The maximum absolute atomic E-state index is 6.09. The first-order chi connectivity index (χ1) is 6.72. The fourth-order valence-corrected chi connectivity index (χ4v) is 2.19. The predicted molar refractivity (Wildman–Crippen MR) is 59.3 cm³/mol. The Morgan fingerprint density at radius 2 is 2.07 bits per heavy atom. The van der Waals surface area contributed by atoms with Crippen LogP contribution in [-0.4, -0.2) is 0 Å². The molecule has 1 aliphatic rings. The third kappa shape index (κ3) is 2.04. The number of nitrogens with one attached hydrogen (secondary N) is 1. The van der Waals surface area contributed by atoms with Gasteiger partial charge in [-0.2, -0.15) is 0 Å². The molecule has 0 aliphatic heterocycles. The normalized spacial score (nSPS) is 18.2. The molecule has 1 unspecified atom stereocenters. The minimum atomic E-state index is 0.166. The lowest BCUT2D eigenvalue weighted by Crippen LogP contribution is -2.29. The van der Waals surface area contributed by atoms with Crippen LogP contribution in [0.25, 0.3) is 0 Å². The van der Waals surface area contributed by atoms with E-state index in [0.717, 1.165) is 5.56 Å². The minimum Gasteiger partial charge on any atom is -0.271 e. The summed E-state index contributed by atoms with van der Waals surface area (Å²) in [6.45, 7) is 0. The zero-order valence-electron chi connectivity index (χ0n) is 7.63. The van der Waals surface area contributed by atoms with Crippen LogP contribution in [0, 0.1) is 5.92 Å². The van der Waals surface area contributed by atoms with Gasteiger partial charge in [0.1, 0.15) is 0 Å². The van der Waals surface area contributed by atoms with E-state index in [-0.39, 0.29) is 6.04 Å². The van der Waals surface area contributed by atoms with Crippen molar-refractivity contribution in [3.63, 3.8) is 0 Å². The third-order valence-corrected chi connectivity index (χ3v) is 3.13. The van der Waals surface area contributed by atoms with E-state index in [1.807, 2.05) is 12.1 Å². The van der Waals surface area contributed by atoms with Gasteiger partial charge in [0, 0.05) is 10.0 Å². The number of benzene rings is 1. The maximum atomic E-state index is 6.09. The Morgan fingerprint density at radius 1 is 1.36 bits per heavy atom. The highest BCUT2D eigenvalue weighted by Gasteiger charge is 2.32. The van der Waals surface area contributed by atoms with Crippen molar-refractivity contribution in [1.29, 1.82) is 0 Å². The average Bonchev–Trinajstić information content (AvgIpc) is 2.93.